The Morgan fingerprint density at radius 2 is 1.86 bits per heavy atom. The molecule has 3 heteroatoms. The normalized spacial score (nSPS) is 50.5. The highest BCUT2D eigenvalue weighted by atomic mass is 16.2. The highest BCUT2D eigenvalue weighted by Crippen LogP contribution is 2.63. The summed E-state index contributed by atoms with van der Waals surface area (Å²) in [4.78, 5) is 37.7. The topological polar surface area (TPSA) is 51.2 Å². The van der Waals surface area contributed by atoms with Gasteiger partial charge >= 0.3 is 0 Å². The molecule has 0 aromatic heterocycles. The Morgan fingerprint density at radius 3 is 2.64 bits per heavy atom. The van der Waals surface area contributed by atoms with Gasteiger partial charge in [0.2, 0.25) is 11.6 Å². The van der Waals surface area contributed by atoms with Gasteiger partial charge in [-0.25, -0.2) is 0 Å². The van der Waals surface area contributed by atoms with Crippen molar-refractivity contribution in [1.82, 2.24) is 0 Å². The van der Waals surface area contributed by atoms with Crippen LogP contribution in [-0.4, -0.2) is 17.3 Å². The molecule has 0 radical (unpaired) electrons. The minimum Gasteiger partial charge on any atom is -0.299 e. The number of fused-ring (bicyclic) bond motifs is 5. The molecular weight excluding hydrogens is 276 g/mol. The van der Waals surface area contributed by atoms with Crippen LogP contribution in [0.1, 0.15) is 52.4 Å². The quantitative estimate of drug-likeness (QED) is 0.646. The van der Waals surface area contributed by atoms with E-state index in [9.17, 15) is 14.4 Å². The van der Waals surface area contributed by atoms with Crippen LogP contribution in [0.2, 0.25) is 0 Å². The Kier molecular flexibility index (Phi) is 2.87. The number of hydrogen-bond donors (Lipinski definition) is 0. The van der Waals surface area contributed by atoms with Crippen LogP contribution in [-0.2, 0) is 14.4 Å². The van der Waals surface area contributed by atoms with Gasteiger partial charge in [-0.3, -0.25) is 14.4 Å². The number of ketones is 3. The Balaban J connectivity index is 1.80. The lowest BCUT2D eigenvalue weighted by molar-refractivity contribution is -0.162. The van der Waals surface area contributed by atoms with E-state index in [1.165, 1.54) is 18.9 Å². The molecule has 3 fully saturated rings. The standard InChI is InChI=1S/C19H24O3/c1-18-9-3-4-13(18)12-7-5-11-6-8-14(20)17(22)19(11,2)16(12)15(21)10-18/h6,8,11-13,16H,3-5,7,9-10H2,1-2H3/t11?,12-,13-,16+,18-,19-/m0/s1. The van der Waals surface area contributed by atoms with Crippen LogP contribution in [0.3, 0.4) is 0 Å². The van der Waals surface area contributed by atoms with Gasteiger partial charge in [0.25, 0.3) is 0 Å². The van der Waals surface area contributed by atoms with E-state index in [0.29, 0.717) is 18.3 Å². The van der Waals surface area contributed by atoms with Crippen molar-refractivity contribution < 1.29 is 14.4 Å². The van der Waals surface area contributed by atoms with E-state index in [0.717, 1.165) is 19.3 Å². The molecule has 0 N–H and O–H groups in total. The molecule has 0 bridgehead atoms. The van der Waals surface area contributed by atoms with Crippen molar-refractivity contribution >= 4 is 17.3 Å². The van der Waals surface area contributed by atoms with Crippen LogP contribution < -0.4 is 0 Å². The molecule has 4 aliphatic carbocycles. The van der Waals surface area contributed by atoms with E-state index in [4.69, 9.17) is 0 Å². The number of carbonyl (C=O) groups excluding carboxylic acids is 3. The molecular formula is C19H24O3. The van der Waals surface area contributed by atoms with Gasteiger partial charge in [0.05, 0.1) is 5.41 Å². The van der Waals surface area contributed by atoms with Crippen molar-refractivity contribution in [2.75, 3.05) is 0 Å². The van der Waals surface area contributed by atoms with E-state index >= 15 is 0 Å². The van der Waals surface area contributed by atoms with Gasteiger partial charge < -0.3 is 0 Å². The Bertz CT molecular complexity index is 604. The van der Waals surface area contributed by atoms with Crippen LogP contribution in [0.4, 0.5) is 0 Å². The SMILES string of the molecule is C[C@@]12CCC[C@H]1[C@@H]1CCC3C=CC(=O)C(=O)[C@]3(C)[C@H]1C(=O)C2. The molecule has 0 heterocycles. The van der Waals surface area contributed by atoms with E-state index in [2.05, 4.69) is 6.92 Å². The number of rotatable bonds is 0. The Morgan fingerprint density at radius 1 is 1.09 bits per heavy atom. The first-order valence-corrected chi connectivity index (χ1v) is 8.67. The van der Waals surface area contributed by atoms with Crippen LogP contribution >= 0.6 is 0 Å². The molecule has 1 unspecified atom stereocenters. The summed E-state index contributed by atoms with van der Waals surface area (Å²) in [7, 11) is 0. The molecule has 0 aromatic carbocycles. The second-order valence-corrected chi connectivity index (χ2v) is 8.46. The highest BCUT2D eigenvalue weighted by molar-refractivity contribution is 6.44. The number of carbonyl (C=O) groups is 3. The fourth-order valence-electron chi connectivity index (χ4n) is 6.39. The third-order valence-corrected chi connectivity index (χ3v) is 7.45. The third kappa shape index (κ3) is 1.60. The van der Waals surface area contributed by atoms with Crippen LogP contribution in [0.25, 0.3) is 0 Å². The van der Waals surface area contributed by atoms with Crippen LogP contribution in [0.15, 0.2) is 12.2 Å². The number of Topliss-reactive ketones (excluding diaryl/α,β-unsaturated/α-hetero) is 2. The molecule has 4 aliphatic rings. The van der Waals surface area contributed by atoms with Gasteiger partial charge in [-0.15, -0.1) is 0 Å². The Labute approximate surface area is 131 Å². The molecule has 0 saturated heterocycles. The fraction of sp³-hybridized carbons (Fsp3) is 0.737. The molecule has 6 atom stereocenters. The van der Waals surface area contributed by atoms with Gasteiger partial charge in [0.15, 0.2) is 0 Å². The van der Waals surface area contributed by atoms with Crippen LogP contribution in [0, 0.1) is 34.5 Å². The second kappa shape index (κ2) is 4.39. The van der Waals surface area contributed by atoms with E-state index in [-0.39, 0.29) is 28.8 Å². The van der Waals surface area contributed by atoms with Crippen molar-refractivity contribution in [3.05, 3.63) is 12.2 Å². The first-order chi connectivity index (χ1) is 10.4. The maximum atomic E-state index is 13.0. The summed E-state index contributed by atoms with van der Waals surface area (Å²) in [6.07, 6.45) is 9.42. The maximum Gasteiger partial charge on any atom is 0.221 e. The molecule has 0 aliphatic heterocycles. The van der Waals surface area contributed by atoms with E-state index in [1.54, 1.807) is 0 Å². The lowest BCUT2D eigenvalue weighted by Gasteiger charge is -2.56. The summed E-state index contributed by atoms with van der Waals surface area (Å²) in [5.41, 5.74) is -0.644. The smallest absolute Gasteiger partial charge is 0.221 e. The van der Waals surface area contributed by atoms with Gasteiger partial charge in [0, 0.05) is 12.3 Å². The fourth-order valence-corrected chi connectivity index (χ4v) is 6.39. The number of hydrogen-bond acceptors (Lipinski definition) is 3. The lowest BCUT2D eigenvalue weighted by atomic mass is 9.45. The van der Waals surface area contributed by atoms with Crippen molar-refractivity contribution in [3.8, 4) is 0 Å². The molecule has 0 amide bonds. The highest BCUT2D eigenvalue weighted by Gasteiger charge is 2.63. The van der Waals surface area contributed by atoms with Crippen molar-refractivity contribution in [3.63, 3.8) is 0 Å². The number of allylic oxidation sites excluding steroid dienone is 2. The zero-order valence-corrected chi connectivity index (χ0v) is 13.4. The monoisotopic (exact) mass is 300 g/mol. The van der Waals surface area contributed by atoms with Gasteiger partial charge in [-0.1, -0.05) is 26.3 Å². The molecule has 0 aromatic rings. The average Bonchev–Trinajstić information content (AvgIpc) is 2.85. The van der Waals surface area contributed by atoms with Crippen molar-refractivity contribution in [1.29, 1.82) is 0 Å². The first-order valence-electron chi connectivity index (χ1n) is 8.67. The Hall–Kier alpha value is -1.25. The van der Waals surface area contributed by atoms with Crippen LogP contribution in [0.5, 0.6) is 0 Å². The predicted molar refractivity (Wildman–Crippen MR) is 82.0 cm³/mol. The molecule has 3 nitrogen and oxygen atoms in total. The predicted octanol–water partition coefficient (Wildman–Crippen LogP) is 3.12. The average molecular weight is 300 g/mol. The minimum atomic E-state index is -0.782. The zero-order valence-electron chi connectivity index (χ0n) is 13.4. The summed E-state index contributed by atoms with van der Waals surface area (Å²) in [6, 6.07) is 0. The summed E-state index contributed by atoms with van der Waals surface area (Å²) < 4.78 is 0. The second-order valence-electron chi connectivity index (χ2n) is 8.46. The zero-order chi connectivity index (χ0) is 15.7. The van der Waals surface area contributed by atoms with Gasteiger partial charge in [-0.05, 0) is 54.9 Å². The summed E-state index contributed by atoms with van der Waals surface area (Å²) in [5.74, 6) is 0.212. The van der Waals surface area contributed by atoms with Gasteiger partial charge in [0.1, 0.15) is 5.78 Å². The van der Waals surface area contributed by atoms with E-state index in [1.807, 2.05) is 13.0 Å². The molecule has 0 spiro atoms. The van der Waals surface area contributed by atoms with E-state index < -0.39 is 11.2 Å². The first kappa shape index (κ1) is 14.3. The van der Waals surface area contributed by atoms with Gasteiger partial charge in [-0.2, -0.15) is 0 Å². The summed E-state index contributed by atoms with van der Waals surface area (Å²) in [5, 5.41) is 0. The molecule has 118 valence electrons. The molecule has 3 saturated carbocycles. The minimum absolute atomic E-state index is 0.0636. The lowest BCUT2D eigenvalue weighted by Crippen LogP contribution is -2.59. The molecule has 22 heavy (non-hydrogen) atoms. The third-order valence-electron chi connectivity index (χ3n) is 7.45. The summed E-state index contributed by atoms with van der Waals surface area (Å²) >= 11 is 0. The van der Waals surface area contributed by atoms with Crippen molar-refractivity contribution in [2.24, 2.45) is 34.5 Å². The largest absolute Gasteiger partial charge is 0.299 e. The molecule has 4 rings (SSSR count). The summed E-state index contributed by atoms with van der Waals surface area (Å²) in [6.45, 7) is 4.16. The van der Waals surface area contributed by atoms with Crippen molar-refractivity contribution in [2.45, 2.75) is 52.4 Å². The maximum absolute atomic E-state index is 13.0.